The molecule has 1 unspecified atom stereocenters. The third-order valence-electron chi connectivity index (χ3n) is 8.04. The summed E-state index contributed by atoms with van der Waals surface area (Å²) >= 11 is 0. The number of fused-ring (bicyclic) bond motifs is 1. The van der Waals surface area contributed by atoms with Crippen molar-refractivity contribution in [2.45, 2.75) is 61.0 Å². The molecule has 1 saturated heterocycles. The van der Waals surface area contributed by atoms with Gasteiger partial charge < -0.3 is 19.5 Å². The van der Waals surface area contributed by atoms with E-state index in [-0.39, 0.29) is 23.2 Å². The average Bonchev–Trinajstić information content (AvgIpc) is 3.60. The van der Waals surface area contributed by atoms with Crippen LogP contribution in [-0.2, 0) is 31.1 Å². The molecule has 1 amide bonds. The van der Waals surface area contributed by atoms with Crippen LogP contribution < -0.4 is 10.2 Å². The Morgan fingerprint density at radius 1 is 1.21 bits per heavy atom. The van der Waals surface area contributed by atoms with Gasteiger partial charge in [-0.05, 0) is 67.6 Å². The number of carbonyl (C=O) groups is 1. The second kappa shape index (κ2) is 9.10. The number of benzene rings is 2. The highest BCUT2D eigenvalue weighted by Gasteiger charge is 2.42. The molecule has 3 aliphatic rings. The lowest BCUT2D eigenvalue weighted by atomic mass is 9.78. The Morgan fingerprint density at radius 3 is 2.66 bits per heavy atom. The van der Waals surface area contributed by atoms with Crippen molar-refractivity contribution in [2.24, 2.45) is 7.05 Å². The van der Waals surface area contributed by atoms with Crippen LogP contribution in [0.4, 0.5) is 18.9 Å². The zero-order valence-electron chi connectivity index (χ0n) is 21.3. The van der Waals surface area contributed by atoms with Crippen LogP contribution in [0.5, 0.6) is 0 Å². The van der Waals surface area contributed by atoms with Crippen LogP contribution in [-0.4, -0.2) is 44.5 Å². The van der Waals surface area contributed by atoms with Crippen molar-refractivity contribution in [1.82, 2.24) is 20.1 Å². The molecule has 0 bridgehead atoms. The predicted octanol–water partition coefficient (Wildman–Crippen LogP) is 5.24. The summed E-state index contributed by atoms with van der Waals surface area (Å²) < 4.78 is 50.2. The van der Waals surface area contributed by atoms with E-state index in [2.05, 4.69) is 22.4 Å². The third-order valence-corrected chi connectivity index (χ3v) is 11.7. The van der Waals surface area contributed by atoms with Crippen LogP contribution in [0, 0.1) is 0 Å². The lowest BCUT2D eigenvalue weighted by Gasteiger charge is -2.39. The molecule has 1 aliphatic carbocycles. The molecule has 7 nitrogen and oxygen atoms in total. The van der Waals surface area contributed by atoms with E-state index in [9.17, 15) is 18.0 Å². The number of aromatic nitrogens is 3. The van der Waals surface area contributed by atoms with Crippen LogP contribution in [0.25, 0.3) is 0 Å². The molecule has 2 fully saturated rings. The predicted molar refractivity (Wildman–Crippen MR) is 138 cm³/mol. The summed E-state index contributed by atoms with van der Waals surface area (Å²) in [4.78, 5) is 16.0. The van der Waals surface area contributed by atoms with Crippen LogP contribution in [0.2, 0.25) is 0 Å². The topological polar surface area (TPSA) is 72.3 Å². The van der Waals surface area contributed by atoms with E-state index in [0.29, 0.717) is 30.3 Å². The second-order valence-corrected chi connectivity index (χ2v) is 13.9. The van der Waals surface area contributed by atoms with Gasteiger partial charge in [0, 0.05) is 41.0 Å². The van der Waals surface area contributed by atoms with E-state index in [1.54, 1.807) is 18.5 Å². The number of nitrogens with zero attached hydrogens (tertiary/aromatic N) is 4. The second-order valence-electron chi connectivity index (χ2n) is 10.7. The molecule has 1 atom stereocenters. The molecule has 1 saturated carbocycles. The summed E-state index contributed by atoms with van der Waals surface area (Å²) in [5.74, 6) is 0.847. The highest BCUT2D eigenvalue weighted by molar-refractivity contribution is 8.33. The molecule has 3 heterocycles. The van der Waals surface area contributed by atoms with Gasteiger partial charge in [0.2, 0.25) is 0 Å². The number of nitrogens with one attached hydrogen (secondary N) is 1. The maximum Gasteiger partial charge on any atom is 0.416 e. The molecule has 11 heteroatoms. The molecule has 202 valence electrons. The number of hydrogen-bond donors (Lipinski definition) is 1. The minimum Gasteiger partial charge on any atom is -0.371 e. The van der Waals surface area contributed by atoms with Crippen molar-refractivity contribution in [1.29, 1.82) is 0 Å². The molecule has 38 heavy (non-hydrogen) atoms. The molecule has 0 radical (unpaired) electrons. The van der Waals surface area contributed by atoms with E-state index < -0.39 is 27.7 Å². The van der Waals surface area contributed by atoms with E-state index in [4.69, 9.17) is 4.74 Å². The number of alkyl halides is 3. The minimum atomic E-state index is -4.56. The van der Waals surface area contributed by atoms with Gasteiger partial charge in [0.1, 0.15) is 6.33 Å². The lowest BCUT2D eigenvalue weighted by molar-refractivity contribution is -0.138. The van der Waals surface area contributed by atoms with E-state index in [1.807, 2.05) is 29.8 Å². The molecule has 0 spiro atoms. The van der Waals surface area contributed by atoms with Gasteiger partial charge >= 0.3 is 6.18 Å². The van der Waals surface area contributed by atoms with Crippen molar-refractivity contribution in [3.8, 4) is 0 Å². The number of halogens is 3. The Bertz CT molecular complexity index is 1400. The molecule has 2 aromatic carbocycles. The highest BCUT2D eigenvalue weighted by Crippen LogP contribution is 2.64. The van der Waals surface area contributed by atoms with Crippen molar-refractivity contribution in [3.05, 3.63) is 65.0 Å². The highest BCUT2D eigenvalue weighted by atomic mass is 32.3. The maximum absolute atomic E-state index is 14.2. The fourth-order valence-electron chi connectivity index (χ4n) is 5.65. The average molecular weight is 546 g/mol. The van der Waals surface area contributed by atoms with Crippen molar-refractivity contribution in [2.75, 3.05) is 23.2 Å². The Hall–Kier alpha value is -2.89. The van der Waals surface area contributed by atoms with Crippen LogP contribution in [0.3, 0.4) is 0 Å². The summed E-state index contributed by atoms with van der Waals surface area (Å²) in [6.07, 6.45) is 0.203. The van der Waals surface area contributed by atoms with Gasteiger partial charge in [-0.15, -0.1) is 20.2 Å². The summed E-state index contributed by atoms with van der Waals surface area (Å²) in [5, 5.41) is 12.6. The Morgan fingerprint density at radius 2 is 2.03 bits per heavy atom. The van der Waals surface area contributed by atoms with Crippen LogP contribution in [0.1, 0.15) is 53.2 Å². The summed E-state index contributed by atoms with van der Waals surface area (Å²) in [5.41, 5.74) is 0.412. The van der Waals surface area contributed by atoms with E-state index in [0.717, 1.165) is 35.1 Å². The summed E-state index contributed by atoms with van der Waals surface area (Å²) in [6.45, 7) is 2.84. The summed E-state index contributed by atoms with van der Waals surface area (Å²) in [6, 6.07) is 10.4. The molecule has 6 rings (SSSR count). The number of hydrogen-bond acceptors (Lipinski definition) is 5. The van der Waals surface area contributed by atoms with E-state index >= 15 is 0 Å². The Labute approximate surface area is 220 Å². The first-order valence-electron chi connectivity index (χ1n) is 12.7. The first kappa shape index (κ1) is 25.4. The summed E-state index contributed by atoms with van der Waals surface area (Å²) in [7, 11) is 0.234. The quantitative estimate of drug-likeness (QED) is 0.459. The fourth-order valence-corrected chi connectivity index (χ4v) is 8.93. The van der Waals surface area contributed by atoms with Gasteiger partial charge in [0.05, 0.1) is 24.7 Å². The first-order valence-corrected chi connectivity index (χ1v) is 14.7. The number of amides is 1. The largest absolute Gasteiger partial charge is 0.416 e. The van der Waals surface area contributed by atoms with Crippen LogP contribution in [0.15, 0.2) is 52.8 Å². The smallest absolute Gasteiger partial charge is 0.371 e. The van der Waals surface area contributed by atoms with Gasteiger partial charge in [0.15, 0.2) is 5.16 Å². The normalized spacial score (nSPS) is 24.2. The first-order chi connectivity index (χ1) is 18.1. The Kier molecular flexibility index (Phi) is 6.08. The fraction of sp³-hybridized carbons (Fsp3) is 0.444. The van der Waals surface area contributed by atoms with Gasteiger partial charge in [-0.25, -0.2) is 0 Å². The maximum atomic E-state index is 14.2. The minimum absolute atomic E-state index is 0.0334. The zero-order chi connectivity index (χ0) is 26.7. The molecule has 3 aromatic rings. The van der Waals surface area contributed by atoms with Gasteiger partial charge in [-0.1, -0.05) is 6.07 Å². The molecule has 1 aromatic heterocycles. The Balaban J connectivity index is 1.35. The number of aryl methyl sites for hydroxylation is 1. The molecular weight excluding hydrogens is 515 g/mol. The van der Waals surface area contributed by atoms with E-state index in [1.165, 1.54) is 11.0 Å². The monoisotopic (exact) mass is 545 g/mol. The van der Waals surface area contributed by atoms with Crippen molar-refractivity contribution >= 4 is 21.6 Å². The number of ether oxygens (including phenoxy) is 1. The molecule has 1 N–H and O–H groups in total. The van der Waals surface area contributed by atoms with Crippen molar-refractivity contribution < 1.29 is 22.7 Å². The van der Waals surface area contributed by atoms with Crippen LogP contribution >= 0.6 is 10.0 Å². The van der Waals surface area contributed by atoms with Gasteiger partial charge in [-0.3, -0.25) is 4.79 Å². The zero-order valence-corrected chi connectivity index (χ0v) is 22.2. The van der Waals surface area contributed by atoms with Gasteiger partial charge in [-0.2, -0.15) is 13.2 Å². The number of anilines is 1. The standard InChI is InChI=1S/C27H30F3N5O2S/c1-26(7-4-8-26)31-14-18-11-21-22(23(12-18)27(28,29)30)15-35(24(21)36)19-5-3-6-20(13-19)38(10-9-37-17-38)25-33-32-16-34(25)2/h3,5-6,11-13,16,31H,4,7-10,14-15,17H2,1-2H3. The molecular formula is C27H30F3N5O2S. The molecule has 2 aliphatic heterocycles. The third kappa shape index (κ3) is 4.20. The number of carbonyl (C=O) groups excluding carboxylic acids is 1. The number of rotatable bonds is 6. The van der Waals surface area contributed by atoms with Crippen molar-refractivity contribution in [3.63, 3.8) is 0 Å². The SMILES string of the molecule is Cn1cnnc1S1(c2cccc(N3Cc4c(cc(CNC5(C)CCC5)cc4C(F)(F)F)C3=O)c2)CCOC1. The lowest BCUT2D eigenvalue weighted by Crippen LogP contribution is -2.47. The van der Waals surface area contributed by atoms with Gasteiger partial charge in [0.25, 0.3) is 5.91 Å².